The number of hydrogen-bond acceptors (Lipinski definition) is 3. The first-order valence-electron chi connectivity index (χ1n) is 5.13. The molecule has 0 amide bonds. The first-order chi connectivity index (χ1) is 7.24. The van der Waals surface area contributed by atoms with Crippen LogP contribution in [-0.4, -0.2) is 19.4 Å². The molecule has 1 fully saturated rings. The van der Waals surface area contributed by atoms with E-state index in [4.69, 9.17) is 4.74 Å². The summed E-state index contributed by atoms with van der Waals surface area (Å²) in [5.41, 5.74) is 2.02. The number of carbonyl (C=O) groups excluding carboxylic acids is 1. The zero-order valence-corrected chi connectivity index (χ0v) is 9.04. The second-order valence-electron chi connectivity index (χ2n) is 3.80. The van der Waals surface area contributed by atoms with Gasteiger partial charge in [-0.3, -0.25) is 4.79 Å². The number of ketones is 1. The molecule has 3 nitrogen and oxygen atoms in total. The van der Waals surface area contributed by atoms with Gasteiger partial charge in [0, 0.05) is 18.5 Å². The number of Topliss-reactive ketones (excluding diaryl/α,β-unsaturated/α-hetero) is 1. The van der Waals surface area contributed by atoms with Crippen LogP contribution in [0, 0.1) is 6.92 Å². The Labute approximate surface area is 89.4 Å². The molecule has 15 heavy (non-hydrogen) atoms. The highest BCUT2D eigenvalue weighted by atomic mass is 16.5. The minimum absolute atomic E-state index is 0.181. The SMILES string of the molecule is COc1c(C)cccc1C1NCCC1=O. The van der Waals surface area contributed by atoms with E-state index in [1.807, 2.05) is 25.1 Å². The third-order valence-corrected chi connectivity index (χ3v) is 2.80. The van der Waals surface area contributed by atoms with E-state index in [1.165, 1.54) is 0 Å². The molecule has 1 heterocycles. The minimum Gasteiger partial charge on any atom is -0.496 e. The predicted octanol–water partition coefficient (Wildman–Crippen LogP) is 1.61. The Morgan fingerprint density at radius 3 is 2.87 bits per heavy atom. The van der Waals surface area contributed by atoms with E-state index in [0.717, 1.165) is 23.4 Å². The monoisotopic (exact) mass is 205 g/mol. The van der Waals surface area contributed by atoms with E-state index in [0.29, 0.717) is 6.42 Å². The average molecular weight is 205 g/mol. The minimum atomic E-state index is -0.181. The molecule has 1 saturated heterocycles. The van der Waals surface area contributed by atoms with Gasteiger partial charge < -0.3 is 10.1 Å². The maximum Gasteiger partial charge on any atom is 0.155 e. The van der Waals surface area contributed by atoms with Gasteiger partial charge in [-0.1, -0.05) is 18.2 Å². The molecule has 0 spiro atoms. The highest BCUT2D eigenvalue weighted by Crippen LogP contribution is 2.31. The predicted molar refractivity (Wildman–Crippen MR) is 58.1 cm³/mol. The van der Waals surface area contributed by atoms with Crippen LogP contribution in [0.15, 0.2) is 18.2 Å². The molecule has 0 radical (unpaired) electrons. The number of benzene rings is 1. The van der Waals surface area contributed by atoms with Crippen molar-refractivity contribution in [3.05, 3.63) is 29.3 Å². The van der Waals surface area contributed by atoms with Gasteiger partial charge in [0.25, 0.3) is 0 Å². The largest absolute Gasteiger partial charge is 0.496 e. The molecule has 2 rings (SSSR count). The van der Waals surface area contributed by atoms with E-state index in [2.05, 4.69) is 5.32 Å². The number of nitrogens with one attached hydrogen (secondary N) is 1. The lowest BCUT2D eigenvalue weighted by atomic mass is 10.0. The molecular formula is C12H15NO2. The highest BCUT2D eigenvalue weighted by Gasteiger charge is 2.28. The average Bonchev–Trinajstić information content (AvgIpc) is 2.64. The quantitative estimate of drug-likeness (QED) is 0.797. The topological polar surface area (TPSA) is 38.3 Å². The molecule has 0 aliphatic carbocycles. The number of para-hydroxylation sites is 1. The summed E-state index contributed by atoms with van der Waals surface area (Å²) >= 11 is 0. The standard InChI is InChI=1S/C12H15NO2/c1-8-4-3-5-9(12(8)15-2)11-10(14)6-7-13-11/h3-5,11,13H,6-7H2,1-2H3. The van der Waals surface area contributed by atoms with Gasteiger partial charge in [-0.05, 0) is 12.5 Å². The Morgan fingerprint density at radius 2 is 2.27 bits per heavy atom. The van der Waals surface area contributed by atoms with Crippen molar-refractivity contribution in [3.63, 3.8) is 0 Å². The number of carbonyl (C=O) groups is 1. The molecule has 1 unspecified atom stereocenters. The summed E-state index contributed by atoms with van der Waals surface area (Å²) in [7, 11) is 1.64. The Bertz CT molecular complexity index is 387. The smallest absolute Gasteiger partial charge is 0.155 e. The van der Waals surface area contributed by atoms with Crippen molar-refractivity contribution >= 4 is 5.78 Å². The van der Waals surface area contributed by atoms with Gasteiger partial charge in [0.05, 0.1) is 13.2 Å². The fraction of sp³-hybridized carbons (Fsp3) is 0.417. The van der Waals surface area contributed by atoms with Gasteiger partial charge in [0.1, 0.15) is 5.75 Å². The third kappa shape index (κ3) is 1.75. The summed E-state index contributed by atoms with van der Waals surface area (Å²) in [5, 5.41) is 3.20. The molecule has 1 aromatic rings. The molecule has 0 bridgehead atoms. The number of rotatable bonds is 2. The number of methoxy groups -OCH3 is 1. The lowest BCUT2D eigenvalue weighted by molar-refractivity contribution is -0.118. The van der Waals surface area contributed by atoms with Crippen LogP contribution in [0.1, 0.15) is 23.6 Å². The van der Waals surface area contributed by atoms with Crippen molar-refractivity contribution in [2.45, 2.75) is 19.4 Å². The Kier molecular flexibility index (Phi) is 2.73. The molecule has 80 valence electrons. The molecule has 1 N–H and O–H groups in total. The van der Waals surface area contributed by atoms with Crippen molar-refractivity contribution in [1.82, 2.24) is 5.32 Å². The molecule has 0 aromatic heterocycles. The molecule has 1 aliphatic rings. The fourth-order valence-corrected chi connectivity index (χ4v) is 2.06. The van der Waals surface area contributed by atoms with Gasteiger partial charge in [0.2, 0.25) is 0 Å². The Morgan fingerprint density at radius 1 is 1.47 bits per heavy atom. The third-order valence-electron chi connectivity index (χ3n) is 2.80. The fourth-order valence-electron chi connectivity index (χ4n) is 2.06. The van der Waals surface area contributed by atoms with Crippen molar-refractivity contribution in [3.8, 4) is 5.75 Å². The Balaban J connectivity index is 2.42. The summed E-state index contributed by atoms with van der Waals surface area (Å²) in [6.07, 6.45) is 0.613. The van der Waals surface area contributed by atoms with Crippen molar-refractivity contribution in [1.29, 1.82) is 0 Å². The first kappa shape index (κ1) is 10.2. The van der Waals surface area contributed by atoms with Crippen molar-refractivity contribution in [2.24, 2.45) is 0 Å². The van der Waals surface area contributed by atoms with Gasteiger partial charge in [-0.25, -0.2) is 0 Å². The molecular weight excluding hydrogens is 190 g/mol. The van der Waals surface area contributed by atoms with E-state index < -0.39 is 0 Å². The highest BCUT2D eigenvalue weighted by molar-refractivity contribution is 5.88. The summed E-state index contributed by atoms with van der Waals surface area (Å²) in [6.45, 7) is 2.75. The van der Waals surface area contributed by atoms with Gasteiger partial charge in [-0.2, -0.15) is 0 Å². The van der Waals surface area contributed by atoms with Crippen LogP contribution in [0.5, 0.6) is 5.75 Å². The normalized spacial score (nSPS) is 20.7. The van der Waals surface area contributed by atoms with E-state index >= 15 is 0 Å². The van der Waals surface area contributed by atoms with Crippen molar-refractivity contribution in [2.75, 3.05) is 13.7 Å². The number of ether oxygens (including phenoxy) is 1. The van der Waals surface area contributed by atoms with E-state index in [9.17, 15) is 4.79 Å². The number of aryl methyl sites for hydroxylation is 1. The summed E-state index contributed by atoms with van der Waals surface area (Å²) in [4.78, 5) is 11.6. The maximum absolute atomic E-state index is 11.6. The van der Waals surface area contributed by atoms with Crippen LogP contribution in [0.4, 0.5) is 0 Å². The lowest BCUT2D eigenvalue weighted by Crippen LogP contribution is -2.18. The molecule has 1 aliphatic heterocycles. The molecule has 1 atom stereocenters. The van der Waals surface area contributed by atoms with Crippen LogP contribution in [0.25, 0.3) is 0 Å². The number of hydrogen-bond donors (Lipinski definition) is 1. The lowest BCUT2D eigenvalue weighted by Gasteiger charge is -2.15. The van der Waals surface area contributed by atoms with Crippen LogP contribution < -0.4 is 10.1 Å². The molecule has 3 heteroatoms. The van der Waals surface area contributed by atoms with Crippen LogP contribution in [-0.2, 0) is 4.79 Å². The first-order valence-corrected chi connectivity index (χ1v) is 5.13. The van der Waals surface area contributed by atoms with Gasteiger partial charge >= 0.3 is 0 Å². The van der Waals surface area contributed by atoms with Crippen LogP contribution in [0.3, 0.4) is 0 Å². The van der Waals surface area contributed by atoms with Crippen molar-refractivity contribution < 1.29 is 9.53 Å². The zero-order chi connectivity index (χ0) is 10.8. The maximum atomic E-state index is 11.6. The van der Waals surface area contributed by atoms with Crippen LogP contribution >= 0.6 is 0 Å². The Hall–Kier alpha value is -1.35. The van der Waals surface area contributed by atoms with Crippen LogP contribution in [0.2, 0.25) is 0 Å². The zero-order valence-electron chi connectivity index (χ0n) is 9.04. The molecule has 0 saturated carbocycles. The van der Waals surface area contributed by atoms with Gasteiger partial charge in [0.15, 0.2) is 5.78 Å². The summed E-state index contributed by atoms with van der Waals surface area (Å²) < 4.78 is 5.34. The van der Waals surface area contributed by atoms with E-state index in [1.54, 1.807) is 7.11 Å². The van der Waals surface area contributed by atoms with Gasteiger partial charge in [-0.15, -0.1) is 0 Å². The molecule has 1 aromatic carbocycles. The van der Waals surface area contributed by atoms with E-state index in [-0.39, 0.29) is 11.8 Å². The second-order valence-corrected chi connectivity index (χ2v) is 3.80. The summed E-state index contributed by atoms with van der Waals surface area (Å²) in [5.74, 6) is 1.07. The second kappa shape index (κ2) is 4.03. The summed E-state index contributed by atoms with van der Waals surface area (Å²) in [6, 6.07) is 5.72.